The number of rotatable bonds is 1. The summed E-state index contributed by atoms with van der Waals surface area (Å²) in [6.07, 6.45) is 4.11. The average molecular weight is 242 g/mol. The van der Waals surface area contributed by atoms with Gasteiger partial charge < -0.3 is 10.6 Å². The first-order valence-corrected chi connectivity index (χ1v) is 7.22. The van der Waals surface area contributed by atoms with E-state index in [0.29, 0.717) is 11.9 Å². The molecule has 0 radical (unpaired) electrons. The Morgan fingerprint density at radius 3 is 2.88 bits per heavy atom. The highest BCUT2D eigenvalue weighted by molar-refractivity contribution is 8.01. The molecule has 2 saturated heterocycles. The third kappa shape index (κ3) is 2.23. The fourth-order valence-corrected chi connectivity index (χ4v) is 4.03. The van der Waals surface area contributed by atoms with Crippen molar-refractivity contribution in [3.05, 3.63) is 0 Å². The third-order valence-corrected chi connectivity index (χ3v) is 5.36. The van der Waals surface area contributed by atoms with Crippen LogP contribution < -0.4 is 5.73 Å². The van der Waals surface area contributed by atoms with Gasteiger partial charge in [0.2, 0.25) is 5.91 Å². The molecular weight excluding hydrogens is 220 g/mol. The molecule has 3 atom stereocenters. The molecule has 2 heterocycles. The van der Waals surface area contributed by atoms with E-state index in [-0.39, 0.29) is 10.8 Å². The van der Waals surface area contributed by atoms with E-state index >= 15 is 0 Å². The van der Waals surface area contributed by atoms with Crippen molar-refractivity contribution in [2.24, 2.45) is 5.73 Å². The van der Waals surface area contributed by atoms with E-state index in [9.17, 15) is 4.79 Å². The van der Waals surface area contributed by atoms with Crippen LogP contribution in [0.2, 0.25) is 0 Å². The molecule has 2 fully saturated rings. The Bertz CT molecular complexity index is 276. The van der Waals surface area contributed by atoms with Gasteiger partial charge in [0.1, 0.15) is 0 Å². The number of nitrogens with two attached hydrogens (primary N) is 1. The molecular formula is C12H22N2OS. The molecule has 92 valence electrons. The normalized spacial score (nSPS) is 40.1. The number of thioether (sulfide) groups is 1. The first kappa shape index (κ1) is 12.2. The van der Waals surface area contributed by atoms with Crippen LogP contribution in [0.1, 0.15) is 39.5 Å². The SMILES string of the molecule is CC1CC(N)CCN1C(=O)C1(C)CCCS1. The summed E-state index contributed by atoms with van der Waals surface area (Å²) in [6, 6.07) is 0.595. The van der Waals surface area contributed by atoms with Crippen LogP contribution in [0.5, 0.6) is 0 Å². The monoisotopic (exact) mass is 242 g/mol. The van der Waals surface area contributed by atoms with Crippen molar-refractivity contribution in [2.45, 2.75) is 56.4 Å². The summed E-state index contributed by atoms with van der Waals surface area (Å²) in [7, 11) is 0. The van der Waals surface area contributed by atoms with Crippen LogP contribution in [0.25, 0.3) is 0 Å². The predicted octanol–water partition coefficient (Wildman–Crippen LogP) is 1.61. The van der Waals surface area contributed by atoms with Gasteiger partial charge in [0.25, 0.3) is 0 Å². The standard InChI is InChI=1S/C12H22N2OS/c1-9-8-10(13)4-6-14(9)11(15)12(2)5-3-7-16-12/h9-10H,3-8,13H2,1-2H3. The topological polar surface area (TPSA) is 46.3 Å². The number of nitrogens with zero attached hydrogens (tertiary/aromatic N) is 1. The predicted molar refractivity (Wildman–Crippen MR) is 68.5 cm³/mol. The van der Waals surface area contributed by atoms with E-state index in [1.165, 1.54) is 6.42 Å². The Balaban J connectivity index is 2.04. The summed E-state index contributed by atoms with van der Waals surface area (Å²) in [4.78, 5) is 14.6. The lowest BCUT2D eigenvalue weighted by Gasteiger charge is -2.40. The van der Waals surface area contributed by atoms with Gasteiger partial charge in [0, 0.05) is 18.6 Å². The average Bonchev–Trinajstić information content (AvgIpc) is 2.66. The van der Waals surface area contributed by atoms with E-state index < -0.39 is 0 Å². The molecule has 2 aliphatic heterocycles. The van der Waals surface area contributed by atoms with Crippen molar-refractivity contribution >= 4 is 17.7 Å². The van der Waals surface area contributed by atoms with Crippen LogP contribution in [0, 0.1) is 0 Å². The number of likely N-dealkylation sites (tertiary alicyclic amines) is 1. The molecule has 0 aromatic heterocycles. The Hall–Kier alpha value is -0.220. The highest BCUT2D eigenvalue weighted by Gasteiger charge is 2.42. The van der Waals surface area contributed by atoms with Crippen LogP contribution in [0.3, 0.4) is 0 Å². The van der Waals surface area contributed by atoms with Crippen molar-refractivity contribution in [3.63, 3.8) is 0 Å². The summed E-state index contributed by atoms with van der Waals surface area (Å²) in [6.45, 7) is 5.07. The lowest BCUT2D eigenvalue weighted by molar-refractivity contribution is -0.136. The van der Waals surface area contributed by atoms with Gasteiger partial charge in [-0.05, 0) is 45.3 Å². The van der Waals surface area contributed by atoms with Crippen molar-refractivity contribution < 1.29 is 4.79 Å². The maximum absolute atomic E-state index is 12.5. The minimum atomic E-state index is -0.157. The van der Waals surface area contributed by atoms with Crippen LogP contribution in [-0.4, -0.2) is 39.9 Å². The highest BCUT2D eigenvalue weighted by atomic mass is 32.2. The molecule has 16 heavy (non-hydrogen) atoms. The fourth-order valence-electron chi connectivity index (χ4n) is 2.76. The summed E-state index contributed by atoms with van der Waals surface area (Å²) >= 11 is 1.83. The number of amides is 1. The summed E-state index contributed by atoms with van der Waals surface area (Å²) < 4.78 is -0.157. The van der Waals surface area contributed by atoms with Gasteiger partial charge in [-0.15, -0.1) is 11.8 Å². The molecule has 0 bridgehead atoms. The van der Waals surface area contributed by atoms with Crippen LogP contribution in [0.15, 0.2) is 0 Å². The molecule has 3 nitrogen and oxygen atoms in total. The van der Waals surface area contributed by atoms with Gasteiger partial charge in [0.15, 0.2) is 0 Å². The maximum Gasteiger partial charge on any atom is 0.238 e. The molecule has 0 saturated carbocycles. The van der Waals surface area contributed by atoms with Crippen molar-refractivity contribution in [1.29, 1.82) is 0 Å². The van der Waals surface area contributed by atoms with Gasteiger partial charge >= 0.3 is 0 Å². The van der Waals surface area contributed by atoms with Gasteiger partial charge in [-0.2, -0.15) is 0 Å². The smallest absolute Gasteiger partial charge is 0.238 e. The lowest BCUT2D eigenvalue weighted by Crippen LogP contribution is -2.53. The first-order chi connectivity index (χ1) is 7.53. The number of piperidine rings is 1. The Morgan fingerprint density at radius 1 is 1.56 bits per heavy atom. The summed E-state index contributed by atoms with van der Waals surface area (Å²) in [5.41, 5.74) is 5.93. The van der Waals surface area contributed by atoms with Gasteiger partial charge in [-0.3, -0.25) is 4.79 Å². The minimum absolute atomic E-state index is 0.157. The number of hydrogen-bond acceptors (Lipinski definition) is 3. The fraction of sp³-hybridized carbons (Fsp3) is 0.917. The van der Waals surface area contributed by atoms with Gasteiger partial charge in [-0.1, -0.05) is 0 Å². The summed E-state index contributed by atoms with van der Waals surface area (Å²) in [5, 5.41) is 0. The molecule has 0 aromatic carbocycles. The second-order valence-electron chi connectivity index (χ2n) is 5.31. The van der Waals surface area contributed by atoms with E-state index in [0.717, 1.165) is 31.6 Å². The number of carbonyl (C=O) groups excluding carboxylic acids is 1. The van der Waals surface area contributed by atoms with Crippen molar-refractivity contribution in [3.8, 4) is 0 Å². The van der Waals surface area contributed by atoms with Crippen LogP contribution in [-0.2, 0) is 4.79 Å². The molecule has 3 unspecified atom stereocenters. The summed E-state index contributed by atoms with van der Waals surface area (Å²) in [5.74, 6) is 1.47. The Morgan fingerprint density at radius 2 is 2.31 bits per heavy atom. The zero-order valence-electron chi connectivity index (χ0n) is 10.2. The van der Waals surface area contributed by atoms with Crippen molar-refractivity contribution in [1.82, 2.24) is 4.90 Å². The Kier molecular flexibility index (Phi) is 3.50. The number of hydrogen-bond donors (Lipinski definition) is 1. The lowest BCUT2D eigenvalue weighted by atomic mass is 9.95. The van der Waals surface area contributed by atoms with Crippen LogP contribution >= 0.6 is 11.8 Å². The van der Waals surface area contributed by atoms with E-state index in [1.807, 2.05) is 11.8 Å². The zero-order chi connectivity index (χ0) is 11.8. The highest BCUT2D eigenvalue weighted by Crippen LogP contribution is 2.40. The van der Waals surface area contributed by atoms with Gasteiger partial charge in [0.05, 0.1) is 4.75 Å². The molecule has 0 spiro atoms. The quantitative estimate of drug-likeness (QED) is 0.760. The number of carbonyl (C=O) groups is 1. The molecule has 1 amide bonds. The molecule has 2 aliphatic rings. The molecule has 4 heteroatoms. The molecule has 2 N–H and O–H groups in total. The first-order valence-electron chi connectivity index (χ1n) is 6.23. The maximum atomic E-state index is 12.5. The molecule has 0 aliphatic carbocycles. The van der Waals surface area contributed by atoms with E-state index in [2.05, 4.69) is 18.7 Å². The third-order valence-electron chi connectivity index (χ3n) is 3.85. The molecule has 0 aromatic rings. The second-order valence-corrected chi connectivity index (χ2v) is 6.91. The molecule has 2 rings (SSSR count). The van der Waals surface area contributed by atoms with E-state index in [4.69, 9.17) is 5.73 Å². The minimum Gasteiger partial charge on any atom is -0.339 e. The zero-order valence-corrected chi connectivity index (χ0v) is 11.1. The largest absolute Gasteiger partial charge is 0.339 e. The second kappa shape index (κ2) is 4.57. The Labute approximate surface area is 102 Å². The van der Waals surface area contributed by atoms with E-state index in [1.54, 1.807) is 0 Å². The van der Waals surface area contributed by atoms with Crippen LogP contribution in [0.4, 0.5) is 0 Å². The van der Waals surface area contributed by atoms with Gasteiger partial charge in [-0.25, -0.2) is 0 Å². The van der Waals surface area contributed by atoms with Crippen molar-refractivity contribution in [2.75, 3.05) is 12.3 Å².